The van der Waals surface area contributed by atoms with E-state index >= 15 is 0 Å². The lowest BCUT2D eigenvalue weighted by atomic mass is 10.1. The highest BCUT2D eigenvalue weighted by Crippen LogP contribution is 2.36. The summed E-state index contributed by atoms with van der Waals surface area (Å²) >= 11 is 0. The van der Waals surface area contributed by atoms with Crippen LogP contribution in [0.15, 0.2) is 57.7 Å². The van der Waals surface area contributed by atoms with Crippen molar-refractivity contribution >= 4 is 32.5 Å². The quantitative estimate of drug-likeness (QED) is 0.501. The maximum absolute atomic E-state index is 11.9. The van der Waals surface area contributed by atoms with Crippen molar-refractivity contribution in [2.75, 3.05) is 25.3 Å². The number of fused-ring (bicyclic) bond motifs is 1. The molecule has 0 unspecified atom stereocenters. The van der Waals surface area contributed by atoms with Crippen LogP contribution in [0.3, 0.4) is 0 Å². The third kappa shape index (κ3) is 3.65. The summed E-state index contributed by atoms with van der Waals surface area (Å²) in [7, 11) is -0.544. The maximum Gasteiger partial charge on any atom is 0.338 e. The van der Waals surface area contributed by atoms with Crippen molar-refractivity contribution in [2.24, 2.45) is 0 Å². The fraction of sp³-hybridized carbons (Fsp3) is 0.167. The molecule has 0 atom stereocenters. The van der Waals surface area contributed by atoms with E-state index in [-0.39, 0.29) is 11.5 Å². The van der Waals surface area contributed by atoms with Gasteiger partial charge in [0.1, 0.15) is 5.58 Å². The summed E-state index contributed by atoms with van der Waals surface area (Å²) in [5.74, 6) is 0.344. The molecule has 0 bridgehead atoms. The SMILES string of the molecule is COc1ccc(N(C)c2cc(=O)oc3ccccc23)cc1OS(C)(=O)=O. The van der Waals surface area contributed by atoms with E-state index in [1.165, 1.54) is 19.2 Å². The van der Waals surface area contributed by atoms with Crippen molar-refractivity contribution in [1.29, 1.82) is 0 Å². The fourth-order valence-corrected chi connectivity index (χ4v) is 3.07. The van der Waals surface area contributed by atoms with Crippen LogP contribution in [0.5, 0.6) is 11.5 Å². The van der Waals surface area contributed by atoms with Crippen LogP contribution in [0, 0.1) is 0 Å². The zero-order chi connectivity index (χ0) is 18.9. The Hall–Kier alpha value is -3.00. The molecule has 1 heterocycles. The standard InChI is InChI=1S/C18H17NO6S/c1-19(14-11-18(20)24-15-7-5-4-6-13(14)15)12-8-9-16(23-2)17(10-12)25-26(3,21)22/h4-11H,1-3H3. The van der Waals surface area contributed by atoms with Gasteiger partial charge in [0.15, 0.2) is 11.5 Å². The monoisotopic (exact) mass is 375 g/mol. The van der Waals surface area contributed by atoms with Crippen LogP contribution in [0.2, 0.25) is 0 Å². The van der Waals surface area contributed by atoms with Crippen LogP contribution in [0.4, 0.5) is 11.4 Å². The van der Waals surface area contributed by atoms with Crippen molar-refractivity contribution in [1.82, 2.24) is 0 Å². The van der Waals surface area contributed by atoms with Crippen molar-refractivity contribution in [3.05, 3.63) is 59.0 Å². The van der Waals surface area contributed by atoms with Crippen molar-refractivity contribution in [2.45, 2.75) is 0 Å². The van der Waals surface area contributed by atoms with Gasteiger partial charge in [-0.15, -0.1) is 0 Å². The first kappa shape index (κ1) is 17.8. The number of benzene rings is 2. The molecular formula is C18H17NO6S. The average Bonchev–Trinajstić information content (AvgIpc) is 2.59. The van der Waals surface area contributed by atoms with E-state index in [1.54, 1.807) is 36.2 Å². The Kier molecular flexibility index (Phi) is 4.60. The Balaban J connectivity index is 2.13. The van der Waals surface area contributed by atoms with Gasteiger partial charge in [0.05, 0.1) is 19.1 Å². The van der Waals surface area contributed by atoms with Crippen LogP contribution in [0.25, 0.3) is 11.0 Å². The number of hydrogen-bond acceptors (Lipinski definition) is 7. The van der Waals surface area contributed by atoms with Crippen molar-refractivity contribution < 1.29 is 21.8 Å². The lowest BCUT2D eigenvalue weighted by Crippen LogP contribution is -2.13. The van der Waals surface area contributed by atoms with Gasteiger partial charge in [-0.05, 0) is 24.3 Å². The van der Waals surface area contributed by atoms with Crippen LogP contribution in [-0.4, -0.2) is 28.8 Å². The molecule has 0 aliphatic heterocycles. The van der Waals surface area contributed by atoms with Gasteiger partial charge in [-0.2, -0.15) is 8.42 Å². The number of rotatable bonds is 5. The second-order valence-corrected chi connectivity index (χ2v) is 7.20. The van der Waals surface area contributed by atoms with E-state index in [9.17, 15) is 13.2 Å². The minimum atomic E-state index is -3.72. The molecule has 0 fully saturated rings. The first-order valence-corrected chi connectivity index (χ1v) is 9.44. The second-order valence-electron chi connectivity index (χ2n) is 5.63. The first-order valence-electron chi connectivity index (χ1n) is 7.62. The smallest absolute Gasteiger partial charge is 0.338 e. The molecule has 8 heteroatoms. The molecule has 0 N–H and O–H groups in total. The van der Waals surface area contributed by atoms with Crippen molar-refractivity contribution in [3.63, 3.8) is 0 Å². The predicted molar refractivity (Wildman–Crippen MR) is 99.0 cm³/mol. The van der Waals surface area contributed by atoms with E-state index in [4.69, 9.17) is 13.3 Å². The summed E-state index contributed by atoms with van der Waals surface area (Å²) < 4.78 is 38.3. The average molecular weight is 375 g/mol. The molecule has 0 saturated carbocycles. The lowest BCUT2D eigenvalue weighted by Gasteiger charge is -2.22. The van der Waals surface area contributed by atoms with Gasteiger partial charge in [0, 0.05) is 30.3 Å². The van der Waals surface area contributed by atoms with Gasteiger partial charge in [0.2, 0.25) is 0 Å². The highest BCUT2D eigenvalue weighted by Gasteiger charge is 2.16. The summed E-state index contributed by atoms with van der Waals surface area (Å²) in [5.41, 5.74) is 1.21. The largest absolute Gasteiger partial charge is 0.493 e. The predicted octanol–water partition coefficient (Wildman–Crippen LogP) is 2.91. The number of methoxy groups -OCH3 is 1. The van der Waals surface area contributed by atoms with Gasteiger partial charge >= 0.3 is 15.7 Å². The molecule has 0 radical (unpaired) electrons. The molecular weight excluding hydrogens is 358 g/mol. The Morgan fingerprint density at radius 2 is 1.77 bits per heavy atom. The highest BCUT2D eigenvalue weighted by molar-refractivity contribution is 7.86. The van der Waals surface area contributed by atoms with E-state index in [0.717, 1.165) is 11.6 Å². The topological polar surface area (TPSA) is 86.0 Å². The molecule has 26 heavy (non-hydrogen) atoms. The summed E-state index contributed by atoms with van der Waals surface area (Å²) in [6.07, 6.45) is 0.957. The zero-order valence-electron chi connectivity index (χ0n) is 14.4. The third-order valence-corrected chi connectivity index (χ3v) is 4.25. The zero-order valence-corrected chi connectivity index (χ0v) is 15.2. The van der Waals surface area contributed by atoms with E-state index in [2.05, 4.69) is 0 Å². The third-order valence-electron chi connectivity index (χ3n) is 3.77. The molecule has 2 aromatic carbocycles. The van der Waals surface area contributed by atoms with E-state index in [0.29, 0.717) is 17.0 Å². The van der Waals surface area contributed by atoms with E-state index in [1.807, 2.05) is 12.1 Å². The van der Waals surface area contributed by atoms with Crippen LogP contribution >= 0.6 is 0 Å². The molecule has 3 rings (SSSR count). The van der Waals surface area contributed by atoms with Gasteiger partial charge in [-0.1, -0.05) is 12.1 Å². The molecule has 0 saturated heterocycles. The molecule has 0 amide bonds. The number of ether oxygens (including phenoxy) is 1. The maximum atomic E-state index is 11.9. The van der Waals surface area contributed by atoms with Gasteiger partial charge < -0.3 is 18.2 Å². The number of nitrogens with zero attached hydrogens (tertiary/aromatic N) is 1. The van der Waals surface area contributed by atoms with E-state index < -0.39 is 15.7 Å². The van der Waals surface area contributed by atoms with Gasteiger partial charge in [-0.25, -0.2) is 4.79 Å². The number of para-hydroxylation sites is 1. The normalized spacial score (nSPS) is 11.3. The molecule has 0 aliphatic carbocycles. The first-order chi connectivity index (χ1) is 12.3. The number of anilines is 2. The molecule has 1 aromatic heterocycles. The Bertz CT molecular complexity index is 1120. The van der Waals surface area contributed by atoms with Crippen LogP contribution < -0.4 is 19.4 Å². The molecule has 136 valence electrons. The van der Waals surface area contributed by atoms with Gasteiger partial charge in [0.25, 0.3) is 0 Å². The minimum Gasteiger partial charge on any atom is -0.493 e. The van der Waals surface area contributed by atoms with Crippen LogP contribution in [0.1, 0.15) is 0 Å². The molecule has 0 aliphatic rings. The van der Waals surface area contributed by atoms with Crippen molar-refractivity contribution in [3.8, 4) is 11.5 Å². The molecule has 7 nitrogen and oxygen atoms in total. The molecule has 0 spiro atoms. The van der Waals surface area contributed by atoms with Gasteiger partial charge in [-0.3, -0.25) is 0 Å². The Morgan fingerprint density at radius 3 is 2.46 bits per heavy atom. The summed E-state index contributed by atoms with van der Waals surface area (Å²) in [4.78, 5) is 13.6. The second kappa shape index (κ2) is 6.72. The Morgan fingerprint density at radius 1 is 1.04 bits per heavy atom. The summed E-state index contributed by atoms with van der Waals surface area (Å²) in [6, 6.07) is 13.4. The summed E-state index contributed by atoms with van der Waals surface area (Å²) in [5, 5.41) is 0.746. The summed E-state index contributed by atoms with van der Waals surface area (Å²) in [6.45, 7) is 0. The van der Waals surface area contributed by atoms with Crippen LogP contribution in [-0.2, 0) is 10.1 Å². The lowest BCUT2D eigenvalue weighted by molar-refractivity contribution is 0.391. The minimum absolute atomic E-state index is 0.0617. The fourth-order valence-electron chi connectivity index (χ4n) is 2.61. The molecule has 3 aromatic rings. The highest BCUT2D eigenvalue weighted by atomic mass is 32.2. The number of hydrogen-bond donors (Lipinski definition) is 0. The Labute approximate surface area is 150 Å².